The Bertz CT molecular complexity index is 785. The van der Waals surface area contributed by atoms with E-state index in [-0.39, 0.29) is 11.9 Å². The Labute approximate surface area is 151 Å². The third kappa shape index (κ3) is 4.94. The van der Waals surface area contributed by atoms with Gasteiger partial charge in [0.15, 0.2) is 0 Å². The summed E-state index contributed by atoms with van der Waals surface area (Å²) in [4.78, 5) is 24.6. The first-order chi connectivity index (χ1) is 12.1. The minimum atomic E-state index is -0.967. The van der Waals surface area contributed by atoms with Crippen LogP contribution in [0, 0.1) is 0 Å². The molecule has 0 aliphatic heterocycles. The molecule has 2 aromatic carbocycles. The van der Waals surface area contributed by atoms with Gasteiger partial charge >= 0.3 is 5.97 Å². The predicted molar refractivity (Wildman–Crippen MR) is 96.9 cm³/mol. The molecule has 1 fully saturated rings. The lowest BCUT2D eigenvalue weighted by atomic mass is 10.1. The molecule has 5 heteroatoms. The zero-order valence-electron chi connectivity index (χ0n) is 13.5. The van der Waals surface area contributed by atoms with Gasteiger partial charge in [0.2, 0.25) is 6.10 Å². The largest absolute Gasteiger partial charge is 0.444 e. The van der Waals surface area contributed by atoms with Crippen molar-refractivity contribution < 1.29 is 14.3 Å². The van der Waals surface area contributed by atoms with Crippen LogP contribution in [0.2, 0.25) is 5.02 Å². The highest BCUT2D eigenvalue weighted by atomic mass is 35.5. The maximum absolute atomic E-state index is 12.4. The van der Waals surface area contributed by atoms with E-state index in [0.717, 1.165) is 12.8 Å². The van der Waals surface area contributed by atoms with Gasteiger partial charge in [0.05, 0.1) is 0 Å². The fourth-order valence-corrected chi connectivity index (χ4v) is 2.53. The summed E-state index contributed by atoms with van der Waals surface area (Å²) in [5.41, 5.74) is 1.35. The maximum Gasteiger partial charge on any atom is 0.331 e. The lowest BCUT2D eigenvalue weighted by Gasteiger charge is -2.17. The topological polar surface area (TPSA) is 55.4 Å². The van der Waals surface area contributed by atoms with Crippen molar-refractivity contribution in [3.63, 3.8) is 0 Å². The Morgan fingerprint density at radius 1 is 1.08 bits per heavy atom. The van der Waals surface area contributed by atoms with Crippen LogP contribution in [-0.2, 0) is 14.3 Å². The first-order valence-corrected chi connectivity index (χ1v) is 8.50. The van der Waals surface area contributed by atoms with Gasteiger partial charge in [-0.2, -0.15) is 0 Å². The molecule has 1 saturated carbocycles. The van der Waals surface area contributed by atoms with Gasteiger partial charge in [0.1, 0.15) is 0 Å². The van der Waals surface area contributed by atoms with Crippen LogP contribution in [0.15, 0.2) is 60.7 Å². The lowest BCUT2D eigenvalue weighted by molar-refractivity contribution is -0.151. The number of carbonyl (C=O) groups excluding carboxylic acids is 2. The number of halogens is 1. The fraction of sp³-hybridized carbons (Fsp3) is 0.200. The van der Waals surface area contributed by atoms with Gasteiger partial charge in [-0.1, -0.05) is 60.1 Å². The maximum atomic E-state index is 12.4. The van der Waals surface area contributed by atoms with Gasteiger partial charge in [-0.25, -0.2) is 4.79 Å². The zero-order chi connectivity index (χ0) is 17.6. The standard InChI is InChI=1S/C20H18ClNO3/c21-17-9-5-4-6-14(17)10-13-18(23)25-19(15-7-2-1-3-8-15)20(24)22-16-11-12-16/h1-10,13,16,19H,11-12H2,(H,22,24)/b13-10+/t19-/m1/s1. The Morgan fingerprint density at radius 2 is 1.76 bits per heavy atom. The summed E-state index contributed by atoms with van der Waals surface area (Å²) in [6.45, 7) is 0. The number of esters is 1. The second kappa shape index (κ2) is 7.99. The molecular formula is C20H18ClNO3. The smallest absolute Gasteiger partial charge is 0.331 e. The van der Waals surface area contributed by atoms with Crippen LogP contribution < -0.4 is 5.32 Å². The van der Waals surface area contributed by atoms with E-state index in [1.165, 1.54) is 6.08 Å². The zero-order valence-corrected chi connectivity index (χ0v) is 14.3. The van der Waals surface area contributed by atoms with E-state index in [1.54, 1.807) is 42.5 Å². The summed E-state index contributed by atoms with van der Waals surface area (Å²) >= 11 is 6.06. The molecule has 0 radical (unpaired) electrons. The van der Waals surface area contributed by atoms with Crippen molar-refractivity contribution in [1.82, 2.24) is 5.32 Å². The second-order valence-electron chi connectivity index (χ2n) is 5.87. The van der Waals surface area contributed by atoms with E-state index in [4.69, 9.17) is 16.3 Å². The molecule has 0 aromatic heterocycles. The van der Waals surface area contributed by atoms with Crippen LogP contribution in [-0.4, -0.2) is 17.9 Å². The van der Waals surface area contributed by atoms with Crippen LogP contribution >= 0.6 is 11.6 Å². The normalized spacial score (nSPS) is 14.9. The summed E-state index contributed by atoms with van der Waals surface area (Å²) in [6.07, 6.45) is 3.82. The van der Waals surface area contributed by atoms with E-state index >= 15 is 0 Å². The number of amides is 1. The molecule has 3 rings (SSSR count). The number of rotatable bonds is 6. The summed E-state index contributed by atoms with van der Waals surface area (Å²) < 4.78 is 5.41. The fourth-order valence-electron chi connectivity index (χ4n) is 2.33. The van der Waals surface area contributed by atoms with Crippen molar-refractivity contribution in [2.24, 2.45) is 0 Å². The average molecular weight is 356 g/mol. The Hall–Kier alpha value is -2.59. The molecule has 0 bridgehead atoms. The molecular weight excluding hydrogens is 338 g/mol. The van der Waals surface area contributed by atoms with Gasteiger partial charge in [0, 0.05) is 22.7 Å². The van der Waals surface area contributed by atoms with Gasteiger partial charge < -0.3 is 10.1 Å². The highest BCUT2D eigenvalue weighted by molar-refractivity contribution is 6.32. The van der Waals surface area contributed by atoms with E-state index in [9.17, 15) is 9.59 Å². The van der Waals surface area contributed by atoms with Crippen molar-refractivity contribution in [2.45, 2.75) is 25.0 Å². The van der Waals surface area contributed by atoms with Crippen molar-refractivity contribution in [3.8, 4) is 0 Å². The Morgan fingerprint density at radius 3 is 2.44 bits per heavy atom. The minimum absolute atomic E-state index is 0.191. The summed E-state index contributed by atoms with van der Waals surface area (Å²) in [6, 6.07) is 16.3. The minimum Gasteiger partial charge on any atom is -0.444 e. The number of nitrogens with one attached hydrogen (secondary N) is 1. The Kier molecular flexibility index (Phi) is 5.51. The molecule has 1 atom stereocenters. The lowest BCUT2D eigenvalue weighted by Crippen LogP contribution is -2.33. The monoisotopic (exact) mass is 355 g/mol. The number of benzene rings is 2. The number of carbonyl (C=O) groups is 2. The van der Waals surface area contributed by atoms with Crippen LogP contribution in [0.25, 0.3) is 6.08 Å². The van der Waals surface area contributed by atoms with Crippen LogP contribution in [0.1, 0.15) is 30.1 Å². The molecule has 2 aromatic rings. The van der Waals surface area contributed by atoms with Gasteiger partial charge in [0.25, 0.3) is 5.91 Å². The van der Waals surface area contributed by atoms with Crippen molar-refractivity contribution in [2.75, 3.05) is 0 Å². The molecule has 25 heavy (non-hydrogen) atoms. The number of hydrogen-bond acceptors (Lipinski definition) is 3. The molecule has 0 unspecified atom stereocenters. The summed E-state index contributed by atoms with van der Waals surface area (Å²) in [5, 5.41) is 3.42. The highest BCUT2D eigenvalue weighted by Gasteiger charge is 2.30. The number of ether oxygens (including phenoxy) is 1. The number of hydrogen-bond donors (Lipinski definition) is 1. The molecule has 0 saturated heterocycles. The third-order valence-corrected chi connectivity index (χ3v) is 4.15. The van der Waals surface area contributed by atoms with E-state index in [1.807, 2.05) is 18.2 Å². The quantitative estimate of drug-likeness (QED) is 0.631. The SMILES string of the molecule is O=C(/C=C/c1ccccc1Cl)O[C@@H](C(=O)NC1CC1)c1ccccc1. The molecule has 1 N–H and O–H groups in total. The van der Waals surface area contributed by atoms with E-state index in [0.29, 0.717) is 16.1 Å². The van der Waals surface area contributed by atoms with Crippen LogP contribution in [0.5, 0.6) is 0 Å². The highest BCUT2D eigenvalue weighted by Crippen LogP contribution is 2.23. The van der Waals surface area contributed by atoms with E-state index in [2.05, 4.69) is 5.32 Å². The first-order valence-electron chi connectivity index (χ1n) is 8.12. The molecule has 1 aliphatic rings. The predicted octanol–water partition coefficient (Wildman–Crippen LogP) is 3.92. The first kappa shape index (κ1) is 17.2. The molecule has 0 spiro atoms. The average Bonchev–Trinajstić information content (AvgIpc) is 3.43. The summed E-state index contributed by atoms with van der Waals surface area (Å²) in [7, 11) is 0. The van der Waals surface area contributed by atoms with Crippen LogP contribution in [0.3, 0.4) is 0 Å². The Balaban J connectivity index is 1.71. The van der Waals surface area contributed by atoms with Crippen molar-refractivity contribution in [3.05, 3.63) is 76.8 Å². The molecule has 4 nitrogen and oxygen atoms in total. The van der Waals surface area contributed by atoms with Crippen molar-refractivity contribution in [1.29, 1.82) is 0 Å². The molecule has 128 valence electrons. The van der Waals surface area contributed by atoms with Crippen molar-refractivity contribution >= 4 is 29.6 Å². The van der Waals surface area contributed by atoms with Crippen LogP contribution in [0.4, 0.5) is 0 Å². The molecule has 1 amide bonds. The van der Waals surface area contributed by atoms with Gasteiger partial charge in [-0.05, 0) is 30.5 Å². The van der Waals surface area contributed by atoms with E-state index < -0.39 is 12.1 Å². The second-order valence-corrected chi connectivity index (χ2v) is 6.27. The molecule has 1 aliphatic carbocycles. The van der Waals surface area contributed by atoms with Gasteiger partial charge in [-0.3, -0.25) is 4.79 Å². The summed E-state index contributed by atoms with van der Waals surface area (Å²) in [5.74, 6) is -0.895. The third-order valence-electron chi connectivity index (χ3n) is 3.80. The molecule has 0 heterocycles. The van der Waals surface area contributed by atoms with Gasteiger partial charge in [-0.15, -0.1) is 0 Å².